The number of hydrogen-bond donors (Lipinski definition) is 0. The Kier molecular flexibility index (Phi) is 5.36. The van der Waals surface area contributed by atoms with E-state index in [1.807, 2.05) is 48.5 Å². The van der Waals surface area contributed by atoms with Crippen LogP contribution in [-0.4, -0.2) is 37.6 Å². The van der Waals surface area contributed by atoms with Crippen LogP contribution in [0.15, 0.2) is 59.1 Å². The molecule has 2 aliphatic heterocycles. The van der Waals surface area contributed by atoms with Crippen LogP contribution in [0.1, 0.15) is 17.9 Å². The lowest BCUT2D eigenvalue weighted by atomic mass is 9.86. The van der Waals surface area contributed by atoms with Gasteiger partial charge in [0.05, 0.1) is 49.1 Å². The third-order valence-corrected chi connectivity index (χ3v) is 6.39. The van der Waals surface area contributed by atoms with Gasteiger partial charge < -0.3 is 14.4 Å². The minimum Gasteiger partial charge on any atom is -0.497 e. The number of ether oxygens (including phenoxy) is 2. The third-order valence-electron chi connectivity index (χ3n) is 5.24. The standard InChI is InChI=1S/C22H21N3O3S/c1-27-16-9-7-15(8-10-16)17-11-21(26)25-13-24(14-29-22(25)18(17)12-23)19-5-3-4-6-20(19)28-2/h3-10,17H,11,13-14H2,1-2H3/t17-/m1/s1. The molecule has 0 spiro atoms. The van der Waals surface area contributed by atoms with Crippen LogP contribution in [0, 0.1) is 11.3 Å². The van der Waals surface area contributed by atoms with Gasteiger partial charge in [-0.2, -0.15) is 5.26 Å². The largest absolute Gasteiger partial charge is 0.497 e. The van der Waals surface area contributed by atoms with Gasteiger partial charge in [-0.3, -0.25) is 9.69 Å². The molecule has 1 atom stereocenters. The van der Waals surface area contributed by atoms with E-state index in [0.29, 0.717) is 18.1 Å². The van der Waals surface area contributed by atoms with Crippen molar-refractivity contribution in [1.29, 1.82) is 5.26 Å². The zero-order valence-electron chi connectivity index (χ0n) is 16.3. The fourth-order valence-corrected chi connectivity index (χ4v) is 4.88. The zero-order chi connectivity index (χ0) is 20.4. The van der Waals surface area contributed by atoms with E-state index in [0.717, 1.165) is 27.8 Å². The van der Waals surface area contributed by atoms with Crippen LogP contribution >= 0.6 is 11.8 Å². The molecule has 0 aliphatic carbocycles. The highest BCUT2D eigenvalue weighted by molar-refractivity contribution is 8.03. The molecule has 7 heteroatoms. The van der Waals surface area contributed by atoms with Crippen LogP contribution in [-0.2, 0) is 4.79 Å². The maximum atomic E-state index is 13.0. The van der Waals surface area contributed by atoms with E-state index in [1.54, 1.807) is 19.1 Å². The highest BCUT2D eigenvalue weighted by atomic mass is 32.2. The van der Waals surface area contributed by atoms with Crippen molar-refractivity contribution in [3.05, 3.63) is 64.7 Å². The number of carbonyl (C=O) groups is 1. The van der Waals surface area contributed by atoms with Gasteiger partial charge in [0.2, 0.25) is 5.91 Å². The Morgan fingerprint density at radius 3 is 2.55 bits per heavy atom. The number of benzene rings is 2. The average molecular weight is 407 g/mol. The summed E-state index contributed by atoms with van der Waals surface area (Å²) in [4.78, 5) is 16.8. The van der Waals surface area contributed by atoms with Crippen molar-refractivity contribution in [1.82, 2.24) is 4.90 Å². The summed E-state index contributed by atoms with van der Waals surface area (Å²) in [5.41, 5.74) is 2.54. The van der Waals surface area contributed by atoms with Gasteiger partial charge in [-0.05, 0) is 29.8 Å². The van der Waals surface area contributed by atoms with E-state index >= 15 is 0 Å². The van der Waals surface area contributed by atoms with E-state index in [-0.39, 0.29) is 18.2 Å². The van der Waals surface area contributed by atoms with Crippen LogP contribution in [0.4, 0.5) is 5.69 Å². The number of amides is 1. The van der Waals surface area contributed by atoms with Gasteiger partial charge in [0.15, 0.2) is 0 Å². The zero-order valence-corrected chi connectivity index (χ0v) is 17.1. The minimum atomic E-state index is -0.227. The third kappa shape index (κ3) is 3.52. The molecule has 0 bridgehead atoms. The summed E-state index contributed by atoms with van der Waals surface area (Å²) in [5.74, 6) is 1.95. The molecule has 148 valence electrons. The first-order valence-corrected chi connectivity index (χ1v) is 10.2. The molecule has 0 radical (unpaired) electrons. The molecule has 4 rings (SSSR count). The lowest BCUT2D eigenvalue weighted by Crippen LogP contribution is -2.47. The van der Waals surface area contributed by atoms with Gasteiger partial charge in [0.25, 0.3) is 0 Å². The van der Waals surface area contributed by atoms with Gasteiger partial charge in [0, 0.05) is 12.3 Å². The summed E-state index contributed by atoms with van der Waals surface area (Å²) in [5, 5.41) is 10.7. The number of hydrogen-bond acceptors (Lipinski definition) is 6. The molecule has 0 N–H and O–H groups in total. The predicted octanol–water partition coefficient (Wildman–Crippen LogP) is 3.92. The van der Waals surface area contributed by atoms with Crippen LogP contribution in [0.3, 0.4) is 0 Å². The Labute approximate surface area is 174 Å². The second kappa shape index (κ2) is 8.10. The van der Waals surface area contributed by atoms with E-state index in [4.69, 9.17) is 9.47 Å². The van der Waals surface area contributed by atoms with Crippen molar-refractivity contribution >= 4 is 23.4 Å². The van der Waals surface area contributed by atoms with Crippen molar-refractivity contribution in [2.75, 3.05) is 31.7 Å². The Morgan fingerprint density at radius 1 is 1.10 bits per heavy atom. The smallest absolute Gasteiger partial charge is 0.229 e. The van der Waals surface area contributed by atoms with Crippen LogP contribution in [0.25, 0.3) is 0 Å². The van der Waals surface area contributed by atoms with Gasteiger partial charge in [-0.15, -0.1) is 0 Å². The number of rotatable bonds is 4. The van der Waals surface area contributed by atoms with Crippen LogP contribution in [0.2, 0.25) is 0 Å². The maximum absolute atomic E-state index is 13.0. The van der Waals surface area contributed by atoms with E-state index in [9.17, 15) is 10.1 Å². The molecule has 1 saturated heterocycles. The molecule has 29 heavy (non-hydrogen) atoms. The molecule has 1 fully saturated rings. The first-order valence-electron chi connectivity index (χ1n) is 9.25. The molecule has 6 nitrogen and oxygen atoms in total. The SMILES string of the molecule is COc1ccc([C@H]2CC(=O)N3CN(c4ccccc4OC)CSC3=C2C#N)cc1. The van der Waals surface area contributed by atoms with E-state index in [1.165, 1.54) is 11.8 Å². The highest BCUT2D eigenvalue weighted by Crippen LogP contribution is 2.44. The van der Waals surface area contributed by atoms with Crippen molar-refractivity contribution in [3.8, 4) is 17.6 Å². The molecular formula is C22H21N3O3S. The Hall–Kier alpha value is -3.11. The Morgan fingerprint density at radius 2 is 1.86 bits per heavy atom. The van der Waals surface area contributed by atoms with Gasteiger partial charge in [-0.1, -0.05) is 36.0 Å². The predicted molar refractivity (Wildman–Crippen MR) is 113 cm³/mol. The Bertz CT molecular complexity index is 997. The number of nitrogens with zero attached hydrogens (tertiary/aromatic N) is 3. The quantitative estimate of drug-likeness (QED) is 0.765. The van der Waals surface area contributed by atoms with Crippen LogP contribution in [0.5, 0.6) is 11.5 Å². The summed E-state index contributed by atoms with van der Waals surface area (Å²) in [6.07, 6.45) is 0.277. The number of nitriles is 1. The van der Waals surface area contributed by atoms with Crippen molar-refractivity contribution in [2.45, 2.75) is 12.3 Å². The normalized spacial score (nSPS) is 18.9. The molecule has 2 heterocycles. The molecule has 2 aliphatic rings. The van der Waals surface area contributed by atoms with Crippen molar-refractivity contribution < 1.29 is 14.3 Å². The van der Waals surface area contributed by atoms with E-state index < -0.39 is 0 Å². The number of methoxy groups -OCH3 is 2. The fourth-order valence-electron chi connectivity index (χ4n) is 3.73. The number of fused-ring (bicyclic) bond motifs is 1. The maximum Gasteiger partial charge on any atom is 0.229 e. The Balaban J connectivity index is 1.65. The second-order valence-electron chi connectivity index (χ2n) is 6.81. The summed E-state index contributed by atoms with van der Waals surface area (Å²) >= 11 is 1.52. The number of thioether (sulfide) groups is 1. The van der Waals surface area contributed by atoms with Crippen molar-refractivity contribution in [2.24, 2.45) is 0 Å². The average Bonchev–Trinajstić information content (AvgIpc) is 2.79. The summed E-state index contributed by atoms with van der Waals surface area (Å²) in [7, 11) is 3.26. The van der Waals surface area contributed by atoms with Gasteiger partial charge >= 0.3 is 0 Å². The van der Waals surface area contributed by atoms with Crippen molar-refractivity contribution in [3.63, 3.8) is 0 Å². The first kappa shape index (κ1) is 19.2. The van der Waals surface area contributed by atoms with Crippen LogP contribution < -0.4 is 14.4 Å². The topological polar surface area (TPSA) is 65.8 Å². The summed E-state index contributed by atoms with van der Waals surface area (Å²) in [6, 6.07) is 17.7. The molecular weight excluding hydrogens is 386 g/mol. The molecule has 0 aromatic heterocycles. The second-order valence-corrected chi connectivity index (χ2v) is 7.74. The highest BCUT2D eigenvalue weighted by Gasteiger charge is 2.38. The number of anilines is 1. The fraction of sp³-hybridized carbons (Fsp3) is 0.273. The minimum absolute atomic E-state index is 0.0203. The molecule has 1 amide bonds. The molecule has 2 aromatic carbocycles. The number of allylic oxidation sites excluding steroid dienone is 1. The first-order chi connectivity index (χ1) is 14.2. The van der Waals surface area contributed by atoms with Gasteiger partial charge in [0.1, 0.15) is 11.5 Å². The monoisotopic (exact) mass is 407 g/mol. The van der Waals surface area contributed by atoms with Gasteiger partial charge in [-0.25, -0.2) is 0 Å². The number of carbonyl (C=O) groups excluding carboxylic acids is 1. The van der Waals surface area contributed by atoms with E-state index in [2.05, 4.69) is 11.0 Å². The molecule has 0 unspecified atom stereocenters. The molecule has 2 aromatic rings. The lowest BCUT2D eigenvalue weighted by Gasteiger charge is -2.42. The number of para-hydroxylation sites is 2. The molecule has 0 saturated carbocycles. The lowest BCUT2D eigenvalue weighted by molar-refractivity contribution is -0.129. The summed E-state index contributed by atoms with van der Waals surface area (Å²) in [6.45, 7) is 0.405. The summed E-state index contributed by atoms with van der Waals surface area (Å²) < 4.78 is 10.7.